The van der Waals surface area contributed by atoms with Gasteiger partial charge in [0.05, 0.1) is 5.69 Å². The van der Waals surface area contributed by atoms with Crippen molar-refractivity contribution in [2.75, 3.05) is 24.5 Å². The number of para-hydroxylation sites is 1. The van der Waals surface area contributed by atoms with Crippen LogP contribution in [0.2, 0.25) is 5.02 Å². The van der Waals surface area contributed by atoms with Crippen LogP contribution in [-0.4, -0.2) is 29.9 Å². The number of rotatable bonds is 4. The van der Waals surface area contributed by atoms with Gasteiger partial charge in [0.15, 0.2) is 0 Å². The molecule has 2 N–H and O–H groups in total. The molecule has 1 fully saturated rings. The Hall–Kier alpha value is -1.86. The molecule has 1 amide bonds. The molecule has 3 rings (SSSR count). The first-order valence-corrected chi connectivity index (χ1v) is 8.40. The van der Waals surface area contributed by atoms with E-state index in [1.807, 2.05) is 11.0 Å². The van der Waals surface area contributed by atoms with E-state index in [-0.39, 0.29) is 27.5 Å². The van der Waals surface area contributed by atoms with E-state index in [1.54, 1.807) is 12.1 Å². The Bertz CT molecular complexity index is 776. The number of carbonyl (C=O) groups excluding carboxylic acids is 1. The van der Waals surface area contributed by atoms with Gasteiger partial charge in [0.2, 0.25) is 0 Å². The lowest BCUT2D eigenvalue weighted by Gasteiger charge is -2.19. The minimum atomic E-state index is -0.451. The summed E-state index contributed by atoms with van der Waals surface area (Å²) in [6.07, 6.45) is 0.867. The summed E-state index contributed by atoms with van der Waals surface area (Å²) in [4.78, 5) is 25.4. The number of amides is 1. The molecule has 1 aliphatic rings. The van der Waals surface area contributed by atoms with Crippen LogP contribution in [-0.2, 0) is 0 Å². The van der Waals surface area contributed by atoms with Gasteiger partial charge in [-0.3, -0.25) is 14.0 Å². The second kappa shape index (κ2) is 6.72. The summed E-state index contributed by atoms with van der Waals surface area (Å²) in [5.41, 5.74) is 0.140. The number of nitrogens with one attached hydrogen (secondary N) is 2. The minimum Gasteiger partial charge on any atom is -0.369 e. The van der Waals surface area contributed by atoms with Crippen LogP contribution < -0.4 is 15.8 Å². The SMILES string of the molecule is O=C(NCC1CCN(c2ccccc2F)C1)c1s[nH]c(=O)c1Cl. The molecule has 23 heavy (non-hydrogen) atoms. The molecular formula is C15H15ClFN3O2S. The predicted molar refractivity (Wildman–Crippen MR) is 89.0 cm³/mol. The molecule has 122 valence electrons. The number of aromatic nitrogens is 1. The third-order valence-electron chi connectivity index (χ3n) is 3.88. The summed E-state index contributed by atoms with van der Waals surface area (Å²) in [7, 11) is 0. The quantitative estimate of drug-likeness (QED) is 0.885. The van der Waals surface area contributed by atoms with Crippen molar-refractivity contribution >= 4 is 34.7 Å². The normalized spacial score (nSPS) is 17.5. The number of halogens is 2. The van der Waals surface area contributed by atoms with Crippen LogP contribution in [0.5, 0.6) is 0 Å². The molecule has 1 saturated heterocycles. The van der Waals surface area contributed by atoms with E-state index < -0.39 is 5.56 Å². The Morgan fingerprint density at radius 1 is 1.48 bits per heavy atom. The second-order valence-electron chi connectivity index (χ2n) is 5.44. The average molecular weight is 356 g/mol. The van der Waals surface area contributed by atoms with Crippen molar-refractivity contribution < 1.29 is 9.18 Å². The summed E-state index contributed by atoms with van der Waals surface area (Å²) in [5.74, 6) is -0.364. The van der Waals surface area contributed by atoms with E-state index in [9.17, 15) is 14.0 Å². The number of aromatic amines is 1. The minimum absolute atomic E-state index is 0.0769. The van der Waals surface area contributed by atoms with Gasteiger partial charge in [0.1, 0.15) is 15.7 Å². The number of benzene rings is 1. The van der Waals surface area contributed by atoms with E-state index in [4.69, 9.17) is 11.6 Å². The van der Waals surface area contributed by atoms with Crippen molar-refractivity contribution in [3.63, 3.8) is 0 Å². The average Bonchev–Trinajstić information content (AvgIpc) is 3.14. The van der Waals surface area contributed by atoms with Crippen molar-refractivity contribution in [3.05, 3.63) is 50.3 Å². The van der Waals surface area contributed by atoms with Gasteiger partial charge in [-0.1, -0.05) is 35.3 Å². The highest BCUT2D eigenvalue weighted by molar-refractivity contribution is 7.08. The Kier molecular flexibility index (Phi) is 4.68. The lowest BCUT2D eigenvalue weighted by Crippen LogP contribution is -2.31. The summed E-state index contributed by atoms with van der Waals surface area (Å²) in [6.45, 7) is 1.89. The maximum Gasteiger partial charge on any atom is 0.277 e. The lowest BCUT2D eigenvalue weighted by molar-refractivity contribution is 0.0952. The molecular weight excluding hydrogens is 341 g/mol. The standard InChI is InChI=1S/C15H15ClFN3O2S/c16-12-13(23-19-14(12)21)15(22)18-7-9-5-6-20(8-9)11-4-2-1-3-10(11)17/h1-4,9H,5-8H2,(H,18,22)(H,19,21). The van der Waals surface area contributed by atoms with E-state index in [0.717, 1.165) is 24.5 Å². The molecule has 5 nitrogen and oxygen atoms in total. The van der Waals surface area contributed by atoms with Gasteiger partial charge in [-0.15, -0.1) is 0 Å². The molecule has 0 bridgehead atoms. The van der Waals surface area contributed by atoms with Crippen LogP contribution in [0.15, 0.2) is 29.1 Å². The van der Waals surface area contributed by atoms with Crippen LogP contribution in [0.1, 0.15) is 16.1 Å². The number of hydrogen-bond donors (Lipinski definition) is 2. The molecule has 1 aromatic carbocycles. The number of anilines is 1. The highest BCUT2D eigenvalue weighted by Crippen LogP contribution is 2.26. The largest absolute Gasteiger partial charge is 0.369 e. The van der Waals surface area contributed by atoms with Gasteiger partial charge in [0.25, 0.3) is 11.5 Å². The number of H-pyrrole nitrogens is 1. The first kappa shape index (κ1) is 16.0. The first-order chi connectivity index (χ1) is 11.1. The molecule has 0 aliphatic carbocycles. The van der Waals surface area contributed by atoms with E-state index in [2.05, 4.69) is 9.69 Å². The molecule has 8 heteroatoms. The van der Waals surface area contributed by atoms with Gasteiger partial charge in [0, 0.05) is 19.6 Å². The van der Waals surface area contributed by atoms with Gasteiger partial charge >= 0.3 is 0 Å². The van der Waals surface area contributed by atoms with Gasteiger partial charge in [-0.25, -0.2) is 4.39 Å². The number of hydrogen-bond acceptors (Lipinski definition) is 4. The molecule has 0 saturated carbocycles. The molecule has 0 spiro atoms. The molecule has 0 radical (unpaired) electrons. The molecule has 1 unspecified atom stereocenters. The zero-order valence-corrected chi connectivity index (χ0v) is 13.7. The van der Waals surface area contributed by atoms with Crippen LogP contribution in [0, 0.1) is 11.7 Å². The number of carbonyl (C=O) groups is 1. The monoisotopic (exact) mass is 355 g/mol. The van der Waals surface area contributed by atoms with Crippen LogP contribution in [0.25, 0.3) is 0 Å². The summed E-state index contributed by atoms with van der Waals surface area (Å²) in [6, 6.07) is 6.68. The molecule has 1 aromatic heterocycles. The third kappa shape index (κ3) is 3.40. The number of nitrogens with zero attached hydrogens (tertiary/aromatic N) is 1. The molecule has 1 atom stereocenters. The maximum absolute atomic E-state index is 13.8. The summed E-state index contributed by atoms with van der Waals surface area (Å²) < 4.78 is 16.2. The van der Waals surface area contributed by atoms with Gasteiger partial charge in [-0.05, 0) is 24.5 Å². The predicted octanol–water partition coefficient (Wildman–Crippen LogP) is 2.49. The lowest BCUT2D eigenvalue weighted by atomic mass is 10.1. The molecule has 2 aromatic rings. The first-order valence-electron chi connectivity index (χ1n) is 7.21. The van der Waals surface area contributed by atoms with Crippen molar-refractivity contribution in [1.29, 1.82) is 0 Å². The smallest absolute Gasteiger partial charge is 0.277 e. The van der Waals surface area contributed by atoms with Gasteiger partial charge < -0.3 is 10.2 Å². The van der Waals surface area contributed by atoms with Gasteiger partial charge in [-0.2, -0.15) is 0 Å². The van der Waals surface area contributed by atoms with Crippen molar-refractivity contribution in [2.24, 2.45) is 5.92 Å². The van der Waals surface area contributed by atoms with Crippen molar-refractivity contribution in [1.82, 2.24) is 9.69 Å². The summed E-state index contributed by atoms with van der Waals surface area (Å²) in [5, 5.41) is 2.71. The van der Waals surface area contributed by atoms with Crippen LogP contribution >= 0.6 is 23.1 Å². The van der Waals surface area contributed by atoms with E-state index >= 15 is 0 Å². The zero-order valence-electron chi connectivity index (χ0n) is 12.1. The Morgan fingerprint density at radius 2 is 2.26 bits per heavy atom. The zero-order chi connectivity index (χ0) is 16.4. The summed E-state index contributed by atoms with van der Waals surface area (Å²) >= 11 is 6.70. The Morgan fingerprint density at radius 3 is 2.96 bits per heavy atom. The van der Waals surface area contributed by atoms with E-state index in [1.165, 1.54) is 6.07 Å². The van der Waals surface area contributed by atoms with Crippen LogP contribution in [0.4, 0.5) is 10.1 Å². The topological polar surface area (TPSA) is 65.2 Å². The fraction of sp³-hybridized carbons (Fsp3) is 0.333. The molecule has 1 aliphatic heterocycles. The third-order valence-corrected chi connectivity index (χ3v) is 5.23. The highest BCUT2D eigenvalue weighted by Gasteiger charge is 2.25. The maximum atomic E-state index is 13.8. The fourth-order valence-corrected chi connectivity index (χ4v) is 3.63. The van der Waals surface area contributed by atoms with Crippen molar-refractivity contribution in [2.45, 2.75) is 6.42 Å². The van der Waals surface area contributed by atoms with E-state index in [0.29, 0.717) is 18.8 Å². The van der Waals surface area contributed by atoms with Crippen LogP contribution in [0.3, 0.4) is 0 Å². The Balaban J connectivity index is 1.56. The fourth-order valence-electron chi connectivity index (χ4n) is 2.68. The highest BCUT2D eigenvalue weighted by atomic mass is 35.5. The van der Waals surface area contributed by atoms with Crippen molar-refractivity contribution in [3.8, 4) is 0 Å². The Labute approximate surface area is 141 Å². The second-order valence-corrected chi connectivity index (χ2v) is 6.63. The molecule has 2 heterocycles.